The Morgan fingerprint density at radius 2 is 1.56 bits per heavy atom. The maximum Gasteiger partial charge on any atom is 0.416 e. The second-order valence-electron chi connectivity index (χ2n) is 11.2. The maximum absolute atomic E-state index is 14.1. The van der Waals surface area contributed by atoms with Crippen molar-refractivity contribution in [3.63, 3.8) is 0 Å². The standard InChI is InChI=1S/C31H35ClF3N3O4S/c1-6-26(29(40)36-30(3,4)5)37(19-22-14-12-21(2)13-15-22)28(39)20-38(43(41,42)24-10-8-7-9-11-24)27-18-23(31(33,34)35)16-17-25(27)32/h7-18,26H,6,19-20H2,1-5H3,(H,36,40)/t26-/m0/s1. The van der Waals surface area contributed by atoms with E-state index in [2.05, 4.69) is 5.32 Å². The van der Waals surface area contributed by atoms with Gasteiger partial charge in [-0.1, -0.05) is 66.6 Å². The van der Waals surface area contributed by atoms with Gasteiger partial charge in [0.1, 0.15) is 12.6 Å². The number of anilines is 1. The second-order valence-corrected chi connectivity index (χ2v) is 13.4. The summed E-state index contributed by atoms with van der Waals surface area (Å²) in [6, 6.07) is 15.5. The Bertz CT molecular complexity index is 1540. The number of nitrogens with zero attached hydrogens (tertiary/aromatic N) is 2. The highest BCUT2D eigenvalue weighted by Crippen LogP contribution is 2.37. The molecule has 232 valence electrons. The number of nitrogens with one attached hydrogen (secondary N) is 1. The Labute approximate surface area is 255 Å². The molecular formula is C31H35ClF3N3O4S. The van der Waals surface area contributed by atoms with Gasteiger partial charge in [-0.2, -0.15) is 13.2 Å². The van der Waals surface area contributed by atoms with E-state index in [1.807, 2.05) is 19.1 Å². The maximum atomic E-state index is 14.1. The van der Waals surface area contributed by atoms with E-state index < -0.39 is 57.4 Å². The topological polar surface area (TPSA) is 86.8 Å². The molecule has 0 heterocycles. The number of hydrogen-bond acceptors (Lipinski definition) is 4. The average molecular weight is 638 g/mol. The van der Waals surface area contributed by atoms with E-state index in [1.54, 1.807) is 45.9 Å². The Hall–Kier alpha value is -3.57. The Balaban J connectivity index is 2.16. The van der Waals surface area contributed by atoms with Crippen LogP contribution >= 0.6 is 11.6 Å². The molecule has 0 unspecified atom stereocenters. The van der Waals surface area contributed by atoms with E-state index in [-0.39, 0.29) is 22.9 Å². The van der Waals surface area contributed by atoms with Crippen molar-refractivity contribution in [2.24, 2.45) is 0 Å². The molecule has 2 amide bonds. The van der Waals surface area contributed by atoms with Crippen LogP contribution in [0.1, 0.15) is 50.8 Å². The van der Waals surface area contributed by atoms with Gasteiger partial charge in [-0.25, -0.2) is 8.42 Å². The van der Waals surface area contributed by atoms with Crippen LogP contribution in [0.5, 0.6) is 0 Å². The van der Waals surface area contributed by atoms with Gasteiger partial charge < -0.3 is 10.2 Å². The van der Waals surface area contributed by atoms with E-state index >= 15 is 0 Å². The molecule has 0 aliphatic rings. The second kappa shape index (κ2) is 13.4. The lowest BCUT2D eigenvalue weighted by Crippen LogP contribution is -2.55. The van der Waals surface area contributed by atoms with Gasteiger partial charge in [-0.3, -0.25) is 13.9 Å². The number of amides is 2. The van der Waals surface area contributed by atoms with Gasteiger partial charge in [0, 0.05) is 12.1 Å². The lowest BCUT2D eigenvalue weighted by atomic mass is 10.1. The molecule has 1 atom stereocenters. The fourth-order valence-electron chi connectivity index (χ4n) is 4.38. The molecule has 1 N–H and O–H groups in total. The molecule has 7 nitrogen and oxygen atoms in total. The van der Waals surface area contributed by atoms with Crippen LogP contribution in [0.3, 0.4) is 0 Å². The zero-order chi connectivity index (χ0) is 32.2. The highest BCUT2D eigenvalue weighted by molar-refractivity contribution is 7.92. The zero-order valence-electron chi connectivity index (χ0n) is 24.6. The number of benzene rings is 3. The summed E-state index contributed by atoms with van der Waals surface area (Å²) >= 11 is 6.29. The van der Waals surface area contributed by atoms with E-state index in [4.69, 9.17) is 11.6 Å². The average Bonchev–Trinajstić information content (AvgIpc) is 2.92. The first-order chi connectivity index (χ1) is 19.9. The van der Waals surface area contributed by atoms with E-state index in [0.29, 0.717) is 15.9 Å². The quantitative estimate of drug-likeness (QED) is 0.272. The van der Waals surface area contributed by atoms with Crippen LogP contribution < -0.4 is 9.62 Å². The molecule has 3 rings (SSSR count). The first kappa shape index (κ1) is 33.9. The smallest absolute Gasteiger partial charge is 0.350 e. The van der Waals surface area contributed by atoms with Gasteiger partial charge in [-0.15, -0.1) is 0 Å². The van der Waals surface area contributed by atoms with Gasteiger partial charge in [0.2, 0.25) is 11.8 Å². The minimum atomic E-state index is -4.80. The number of carbonyl (C=O) groups excluding carboxylic acids is 2. The minimum absolute atomic E-state index is 0.0509. The number of aryl methyl sites for hydroxylation is 1. The summed E-state index contributed by atoms with van der Waals surface area (Å²) in [5.41, 5.74) is -0.637. The summed E-state index contributed by atoms with van der Waals surface area (Å²) in [6.45, 7) is 8.00. The first-order valence-corrected chi connectivity index (χ1v) is 15.4. The van der Waals surface area contributed by atoms with Crippen LogP contribution in [0, 0.1) is 6.92 Å². The number of alkyl halides is 3. The highest BCUT2D eigenvalue weighted by atomic mass is 35.5. The van der Waals surface area contributed by atoms with Crippen molar-refractivity contribution in [2.75, 3.05) is 10.8 Å². The number of halogens is 4. The molecular weight excluding hydrogens is 603 g/mol. The summed E-state index contributed by atoms with van der Waals surface area (Å²) in [6.07, 6.45) is -4.61. The van der Waals surface area contributed by atoms with Gasteiger partial charge in [0.15, 0.2) is 0 Å². The summed E-state index contributed by atoms with van der Waals surface area (Å²) < 4.78 is 69.4. The van der Waals surface area contributed by atoms with E-state index in [0.717, 1.165) is 17.7 Å². The molecule has 0 radical (unpaired) electrons. The Morgan fingerprint density at radius 3 is 2.09 bits per heavy atom. The molecule has 3 aromatic rings. The monoisotopic (exact) mass is 637 g/mol. The summed E-state index contributed by atoms with van der Waals surface area (Å²) in [7, 11) is -4.59. The third-order valence-electron chi connectivity index (χ3n) is 6.51. The van der Waals surface area contributed by atoms with Crippen LogP contribution in [0.4, 0.5) is 18.9 Å². The van der Waals surface area contributed by atoms with Crippen LogP contribution in [0.15, 0.2) is 77.7 Å². The van der Waals surface area contributed by atoms with Crippen molar-refractivity contribution >= 4 is 39.1 Å². The predicted octanol–water partition coefficient (Wildman–Crippen LogP) is 6.58. The third kappa shape index (κ3) is 8.73. The van der Waals surface area contributed by atoms with Gasteiger partial charge in [0.25, 0.3) is 10.0 Å². The van der Waals surface area contributed by atoms with Crippen molar-refractivity contribution in [1.29, 1.82) is 0 Å². The van der Waals surface area contributed by atoms with Crippen LogP contribution in [-0.2, 0) is 32.3 Å². The molecule has 0 fully saturated rings. The molecule has 43 heavy (non-hydrogen) atoms. The molecule has 0 aliphatic heterocycles. The Morgan fingerprint density at radius 1 is 0.953 bits per heavy atom. The lowest BCUT2D eigenvalue weighted by molar-refractivity contribution is -0.141. The molecule has 0 saturated heterocycles. The number of hydrogen-bond donors (Lipinski definition) is 1. The molecule has 3 aromatic carbocycles. The summed E-state index contributed by atoms with van der Waals surface area (Å²) in [5, 5.41) is 2.56. The zero-order valence-corrected chi connectivity index (χ0v) is 26.1. The molecule has 0 saturated carbocycles. The van der Waals surface area contributed by atoms with Crippen LogP contribution in [0.25, 0.3) is 0 Å². The molecule has 0 aromatic heterocycles. The highest BCUT2D eigenvalue weighted by Gasteiger charge is 2.37. The van der Waals surface area contributed by atoms with Crippen molar-refractivity contribution < 1.29 is 31.2 Å². The van der Waals surface area contributed by atoms with Gasteiger partial charge >= 0.3 is 6.18 Å². The predicted molar refractivity (Wildman–Crippen MR) is 161 cm³/mol. The van der Waals surface area contributed by atoms with Crippen molar-refractivity contribution in [2.45, 2.75) is 70.2 Å². The summed E-state index contributed by atoms with van der Waals surface area (Å²) in [5.74, 6) is -1.26. The first-order valence-electron chi connectivity index (χ1n) is 13.6. The van der Waals surface area contributed by atoms with Crippen molar-refractivity contribution in [1.82, 2.24) is 10.2 Å². The normalized spacial score (nSPS) is 12.9. The lowest BCUT2D eigenvalue weighted by Gasteiger charge is -2.35. The molecule has 12 heteroatoms. The SMILES string of the molecule is CC[C@@H](C(=O)NC(C)(C)C)N(Cc1ccc(C)cc1)C(=O)CN(c1cc(C(F)(F)F)ccc1Cl)S(=O)(=O)c1ccccc1. The minimum Gasteiger partial charge on any atom is -0.350 e. The number of carbonyl (C=O) groups is 2. The summed E-state index contributed by atoms with van der Waals surface area (Å²) in [4.78, 5) is 28.5. The number of rotatable bonds is 10. The molecule has 0 spiro atoms. The largest absolute Gasteiger partial charge is 0.416 e. The molecule has 0 aliphatic carbocycles. The van der Waals surface area contributed by atoms with Crippen molar-refractivity contribution in [3.05, 3.63) is 94.5 Å². The van der Waals surface area contributed by atoms with E-state index in [1.165, 1.54) is 29.2 Å². The number of sulfonamides is 1. The van der Waals surface area contributed by atoms with Gasteiger partial charge in [-0.05, 0) is 70.0 Å². The molecule has 0 bridgehead atoms. The van der Waals surface area contributed by atoms with Crippen LogP contribution in [-0.4, -0.2) is 43.3 Å². The van der Waals surface area contributed by atoms with E-state index in [9.17, 15) is 31.2 Å². The fraction of sp³-hybridized carbons (Fsp3) is 0.355. The fourth-order valence-corrected chi connectivity index (χ4v) is 6.09. The Kier molecular flexibility index (Phi) is 10.6. The van der Waals surface area contributed by atoms with Crippen molar-refractivity contribution in [3.8, 4) is 0 Å². The third-order valence-corrected chi connectivity index (χ3v) is 8.60. The van der Waals surface area contributed by atoms with Crippen LogP contribution in [0.2, 0.25) is 5.02 Å². The van der Waals surface area contributed by atoms with Gasteiger partial charge in [0.05, 0.1) is 21.2 Å².